The Balaban J connectivity index is 0.00000200. The summed E-state index contributed by atoms with van der Waals surface area (Å²) >= 11 is 6.00. The second kappa shape index (κ2) is 8.06. The molecule has 0 bridgehead atoms. The fraction of sp³-hybridized carbons (Fsp3) is 0.333. The summed E-state index contributed by atoms with van der Waals surface area (Å²) in [5.74, 6) is 0.216. The molecule has 0 unspecified atom stereocenters. The van der Waals surface area contributed by atoms with Gasteiger partial charge in [-0.2, -0.15) is 0 Å². The van der Waals surface area contributed by atoms with Crippen molar-refractivity contribution in [1.29, 1.82) is 0 Å². The third-order valence-electron chi connectivity index (χ3n) is 2.49. The third kappa shape index (κ3) is 4.35. The number of nitrogens with zero attached hydrogens (tertiary/aromatic N) is 1. The van der Waals surface area contributed by atoms with E-state index in [0.29, 0.717) is 29.6 Å². The highest BCUT2D eigenvalue weighted by atomic mass is 35.5. The highest BCUT2D eigenvalue weighted by molar-refractivity contribution is 6.35. The van der Waals surface area contributed by atoms with Gasteiger partial charge in [0.15, 0.2) is 0 Å². The number of carbonyl (C=O) groups excluding carboxylic acids is 1. The molecule has 0 saturated heterocycles. The first-order valence-electron chi connectivity index (χ1n) is 5.84. The van der Waals surface area contributed by atoms with E-state index in [-0.39, 0.29) is 24.9 Å². The first-order valence-corrected chi connectivity index (χ1v) is 6.22. The van der Waals surface area contributed by atoms with Gasteiger partial charge in [0.2, 0.25) is 11.9 Å². The maximum atomic E-state index is 11.6. The van der Waals surface area contributed by atoms with Crippen LogP contribution in [0.3, 0.4) is 0 Å². The van der Waals surface area contributed by atoms with E-state index in [1.165, 1.54) is 0 Å². The second-order valence-corrected chi connectivity index (χ2v) is 4.35. The summed E-state index contributed by atoms with van der Waals surface area (Å²) in [7, 11) is 1.61. The molecule has 2 aromatic rings. The summed E-state index contributed by atoms with van der Waals surface area (Å²) in [5, 5.41) is 6.16. The molecule has 3 N–H and O–H groups in total. The molecule has 20 heavy (non-hydrogen) atoms. The van der Waals surface area contributed by atoms with Gasteiger partial charge in [0.05, 0.1) is 23.7 Å². The van der Waals surface area contributed by atoms with Gasteiger partial charge in [0.1, 0.15) is 5.52 Å². The number of para-hydroxylation sites is 1. The lowest BCUT2D eigenvalue weighted by Gasteiger charge is -2.03. The van der Waals surface area contributed by atoms with Crippen molar-refractivity contribution in [3.63, 3.8) is 0 Å². The van der Waals surface area contributed by atoms with E-state index >= 15 is 0 Å². The van der Waals surface area contributed by atoms with Crippen LogP contribution in [0.25, 0.3) is 11.0 Å². The maximum absolute atomic E-state index is 11.6. The normalized spacial score (nSPS) is 10.3. The van der Waals surface area contributed by atoms with Crippen LogP contribution in [0, 0.1) is 0 Å². The largest absolute Gasteiger partial charge is 0.383 e. The van der Waals surface area contributed by atoms with Crippen molar-refractivity contribution >= 4 is 46.9 Å². The van der Waals surface area contributed by atoms with Crippen LogP contribution >= 0.6 is 24.0 Å². The number of anilines is 1. The van der Waals surface area contributed by atoms with E-state index in [1.54, 1.807) is 13.2 Å². The van der Waals surface area contributed by atoms with Gasteiger partial charge in [0.25, 0.3) is 0 Å². The van der Waals surface area contributed by atoms with E-state index in [0.717, 1.165) is 5.52 Å². The number of aromatic nitrogens is 2. The Morgan fingerprint density at radius 3 is 3.00 bits per heavy atom. The van der Waals surface area contributed by atoms with Crippen molar-refractivity contribution in [2.24, 2.45) is 0 Å². The number of carbonyl (C=O) groups is 1. The Bertz CT molecular complexity index is 574. The highest BCUT2D eigenvalue weighted by Gasteiger charge is 2.08. The molecule has 110 valence electrons. The average Bonchev–Trinajstić information content (AvgIpc) is 2.79. The number of hydrogen-bond donors (Lipinski definition) is 3. The lowest BCUT2D eigenvalue weighted by Crippen LogP contribution is -2.30. The first kappa shape index (κ1) is 16.7. The van der Waals surface area contributed by atoms with Crippen LogP contribution in [0.15, 0.2) is 18.2 Å². The lowest BCUT2D eigenvalue weighted by atomic mass is 10.3. The minimum absolute atomic E-state index is 0. The van der Waals surface area contributed by atoms with E-state index in [2.05, 4.69) is 20.6 Å². The monoisotopic (exact) mass is 318 g/mol. The molecule has 1 aromatic carbocycles. The predicted octanol–water partition coefficient (Wildman–Crippen LogP) is 1.81. The predicted molar refractivity (Wildman–Crippen MR) is 81.7 cm³/mol. The molecule has 1 heterocycles. The van der Waals surface area contributed by atoms with Gasteiger partial charge in [-0.15, -0.1) is 12.4 Å². The third-order valence-corrected chi connectivity index (χ3v) is 2.79. The number of hydrogen-bond acceptors (Lipinski definition) is 4. The molecular formula is C12H16Cl2N4O2. The Labute approximate surface area is 127 Å². The number of benzene rings is 1. The Morgan fingerprint density at radius 2 is 2.30 bits per heavy atom. The summed E-state index contributed by atoms with van der Waals surface area (Å²) in [6.45, 7) is 1.39. The first-order chi connectivity index (χ1) is 9.20. The summed E-state index contributed by atoms with van der Waals surface area (Å²) in [4.78, 5) is 18.8. The molecule has 0 spiro atoms. The smallest absolute Gasteiger partial charge is 0.240 e. The molecule has 0 aliphatic heterocycles. The molecule has 6 nitrogen and oxygen atoms in total. The summed E-state index contributed by atoms with van der Waals surface area (Å²) < 4.78 is 4.87. The van der Waals surface area contributed by atoms with Crippen molar-refractivity contribution < 1.29 is 9.53 Å². The zero-order valence-electron chi connectivity index (χ0n) is 10.9. The molecule has 0 aliphatic rings. The Morgan fingerprint density at radius 1 is 1.50 bits per heavy atom. The second-order valence-electron chi connectivity index (χ2n) is 3.94. The quantitative estimate of drug-likeness (QED) is 0.710. The van der Waals surface area contributed by atoms with E-state index in [4.69, 9.17) is 16.3 Å². The van der Waals surface area contributed by atoms with Gasteiger partial charge in [-0.05, 0) is 12.1 Å². The molecule has 0 aliphatic carbocycles. The van der Waals surface area contributed by atoms with Gasteiger partial charge in [0, 0.05) is 13.7 Å². The van der Waals surface area contributed by atoms with Crippen LogP contribution < -0.4 is 10.6 Å². The van der Waals surface area contributed by atoms with Gasteiger partial charge in [-0.1, -0.05) is 17.7 Å². The Kier molecular flexibility index (Phi) is 6.74. The number of ether oxygens (including phenoxy) is 1. The lowest BCUT2D eigenvalue weighted by molar-refractivity contribution is -0.115. The van der Waals surface area contributed by atoms with E-state index in [9.17, 15) is 4.79 Å². The van der Waals surface area contributed by atoms with Crippen LogP contribution in [0.5, 0.6) is 0 Å². The van der Waals surface area contributed by atoms with Crippen molar-refractivity contribution in [2.75, 3.05) is 32.1 Å². The number of nitrogens with one attached hydrogen (secondary N) is 3. The number of halogens is 2. The fourth-order valence-electron chi connectivity index (χ4n) is 1.61. The number of amides is 1. The standard InChI is InChI=1S/C12H15ClN4O2.ClH/c1-19-6-5-14-7-10(18)16-12-15-9-4-2-3-8(13)11(9)17-12;/h2-4,14H,5-7H2,1H3,(H2,15,16,17,18);1H. The van der Waals surface area contributed by atoms with E-state index in [1.807, 2.05) is 12.1 Å². The number of fused-ring (bicyclic) bond motifs is 1. The number of H-pyrrole nitrogens is 1. The fourth-order valence-corrected chi connectivity index (χ4v) is 1.83. The highest BCUT2D eigenvalue weighted by Crippen LogP contribution is 2.22. The number of imidazole rings is 1. The maximum Gasteiger partial charge on any atom is 0.240 e. The van der Waals surface area contributed by atoms with Gasteiger partial charge < -0.3 is 15.0 Å². The molecule has 0 radical (unpaired) electrons. The molecule has 2 rings (SSSR count). The number of aromatic amines is 1. The van der Waals surface area contributed by atoms with Crippen LogP contribution in [-0.2, 0) is 9.53 Å². The van der Waals surface area contributed by atoms with Crippen LogP contribution in [0.2, 0.25) is 5.02 Å². The number of rotatable bonds is 6. The van der Waals surface area contributed by atoms with Crippen LogP contribution in [-0.4, -0.2) is 42.7 Å². The summed E-state index contributed by atoms with van der Waals surface area (Å²) in [6.07, 6.45) is 0. The van der Waals surface area contributed by atoms with Crippen molar-refractivity contribution in [1.82, 2.24) is 15.3 Å². The minimum Gasteiger partial charge on any atom is -0.383 e. The van der Waals surface area contributed by atoms with Gasteiger partial charge >= 0.3 is 0 Å². The molecule has 8 heteroatoms. The SMILES string of the molecule is COCCNCC(=O)Nc1nc2c(Cl)cccc2[nH]1.Cl. The zero-order valence-corrected chi connectivity index (χ0v) is 12.5. The van der Waals surface area contributed by atoms with Gasteiger partial charge in [-0.25, -0.2) is 4.98 Å². The average molecular weight is 319 g/mol. The summed E-state index contributed by atoms with van der Waals surface area (Å²) in [6, 6.07) is 5.42. The molecule has 0 atom stereocenters. The molecule has 1 aromatic heterocycles. The van der Waals surface area contributed by atoms with Crippen LogP contribution in [0.4, 0.5) is 5.95 Å². The minimum atomic E-state index is -0.175. The van der Waals surface area contributed by atoms with Crippen molar-refractivity contribution in [2.45, 2.75) is 0 Å². The molecule has 0 fully saturated rings. The van der Waals surface area contributed by atoms with E-state index < -0.39 is 0 Å². The summed E-state index contributed by atoms with van der Waals surface area (Å²) in [5.41, 5.74) is 1.43. The van der Waals surface area contributed by atoms with Crippen molar-refractivity contribution in [3.05, 3.63) is 23.2 Å². The van der Waals surface area contributed by atoms with Gasteiger partial charge in [-0.3, -0.25) is 10.1 Å². The van der Waals surface area contributed by atoms with Crippen LogP contribution in [0.1, 0.15) is 0 Å². The molecular weight excluding hydrogens is 303 g/mol. The zero-order chi connectivity index (χ0) is 13.7. The van der Waals surface area contributed by atoms with Crippen molar-refractivity contribution in [3.8, 4) is 0 Å². The Hall–Kier alpha value is -1.34. The molecule has 1 amide bonds. The molecule has 0 saturated carbocycles. The number of methoxy groups -OCH3 is 1. The topological polar surface area (TPSA) is 79.0 Å².